The largest absolute Gasteiger partial charge is 0.508 e. The smallest absolute Gasteiger partial charge is 0.309 e. The van der Waals surface area contributed by atoms with Crippen LogP contribution in [0.2, 0.25) is 0 Å². The normalized spacial score (nSPS) is 26.3. The number of carbonyl (C=O) groups is 2. The summed E-state index contributed by atoms with van der Waals surface area (Å²) in [5.41, 5.74) is 2.49. The molecule has 0 spiro atoms. The van der Waals surface area contributed by atoms with E-state index in [1.54, 1.807) is 26.0 Å². The number of phenolic OH excluding ortho intramolecular Hbond substituents is 1. The summed E-state index contributed by atoms with van der Waals surface area (Å²) in [6.07, 6.45) is 0.662. The molecule has 4 heteroatoms. The van der Waals surface area contributed by atoms with Crippen LogP contribution in [-0.2, 0) is 14.3 Å². The van der Waals surface area contributed by atoms with Crippen LogP contribution in [-0.4, -0.2) is 17.4 Å². The van der Waals surface area contributed by atoms with Crippen molar-refractivity contribution in [1.29, 1.82) is 0 Å². The standard InChI is InChI=1S/C15H18O4/c1-8-4-5-12(17)10(3)13(8)14-11(6-7-16)9(2)15(18)19-14/h4-5,7,9,11,14,17H,6H2,1-3H3/t9-,11-,14-/m0/s1. The summed E-state index contributed by atoms with van der Waals surface area (Å²) >= 11 is 0. The van der Waals surface area contributed by atoms with Gasteiger partial charge in [0.25, 0.3) is 0 Å². The van der Waals surface area contributed by atoms with Crippen molar-refractivity contribution in [2.45, 2.75) is 33.3 Å². The molecule has 19 heavy (non-hydrogen) atoms. The number of aromatic hydroxyl groups is 1. The average molecular weight is 262 g/mol. The van der Waals surface area contributed by atoms with Crippen molar-refractivity contribution >= 4 is 12.3 Å². The lowest BCUT2D eigenvalue weighted by atomic mass is 9.83. The second-order valence-electron chi connectivity index (χ2n) is 5.15. The van der Waals surface area contributed by atoms with Crippen LogP contribution in [0, 0.1) is 25.7 Å². The second-order valence-corrected chi connectivity index (χ2v) is 5.15. The highest BCUT2D eigenvalue weighted by atomic mass is 16.6. The van der Waals surface area contributed by atoms with Crippen molar-refractivity contribution in [1.82, 2.24) is 0 Å². The lowest BCUT2D eigenvalue weighted by molar-refractivity contribution is -0.144. The van der Waals surface area contributed by atoms with Crippen LogP contribution in [0.5, 0.6) is 5.75 Å². The molecule has 0 aromatic heterocycles. The van der Waals surface area contributed by atoms with Crippen LogP contribution < -0.4 is 0 Å². The molecule has 1 N–H and O–H groups in total. The highest BCUT2D eigenvalue weighted by Gasteiger charge is 2.43. The Bertz CT molecular complexity index is 521. The zero-order valence-electron chi connectivity index (χ0n) is 11.3. The van der Waals surface area contributed by atoms with Crippen LogP contribution >= 0.6 is 0 Å². The minimum atomic E-state index is -0.445. The topological polar surface area (TPSA) is 63.6 Å². The molecule has 4 nitrogen and oxygen atoms in total. The number of hydrogen-bond acceptors (Lipinski definition) is 4. The SMILES string of the molecule is Cc1ccc(O)c(C)c1[C@H]1OC(=O)[C@@H](C)[C@@H]1CC=O. The molecule has 1 heterocycles. The summed E-state index contributed by atoms with van der Waals surface area (Å²) in [5.74, 6) is -0.555. The van der Waals surface area contributed by atoms with Gasteiger partial charge in [0.15, 0.2) is 0 Å². The van der Waals surface area contributed by atoms with Gasteiger partial charge in [0.2, 0.25) is 0 Å². The van der Waals surface area contributed by atoms with Crippen molar-refractivity contribution in [3.63, 3.8) is 0 Å². The number of cyclic esters (lactones) is 1. The molecule has 1 aromatic rings. The molecule has 1 fully saturated rings. The molecule has 1 aromatic carbocycles. The maximum atomic E-state index is 11.7. The van der Waals surface area contributed by atoms with Gasteiger partial charge in [-0.2, -0.15) is 0 Å². The van der Waals surface area contributed by atoms with Crippen molar-refractivity contribution in [2.75, 3.05) is 0 Å². The Morgan fingerprint density at radius 1 is 1.37 bits per heavy atom. The summed E-state index contributed by atoms with van der Waals surface area (Å²) < 4.78 is 5.43. The number of ether oxygens (including phenoxy) is 1. The van der Waals surface area contributed by atoms with Crippen molar-refractivity contribution in [2.24, 2.45) is 11.8 Å². The fourth-order valence-corrected chi connectivity index (χ4v) is 2.76. The molecule has 0 saturated carbocycles. The fraction of sp³-hybridized carbons (Fsp3) is 0.467. The van der Waals surface area contributed by atoms with E-state index in [0.29, 0.717) is 5.56 Å². The van der Waals surface area contributed by atoms with E-state index < -0.39 is 6.10 Å². The summed E-state index contributed by atoms with van der Waals surface area (Å²) in [4.78, 5) is 22.6. The van der Waals surface area contributed by atoms with Crippen LogP contribution in [0.4, 0.5) is 0 Å². The predicted molar refractivity (Wildman–Crippen MR) is 69.7 cm³/mol. The third kappa shape index (κ3) is 2.23. The average Bonchev–Trinajstić information content (AvgIpc) is 2.63. The monoisotopic (exact) mass is 262 g/mol. The van der Waals surface area contributed by atoms with E-state index in [2.05, 4.69) is 0 Å². The molecule has 3 atom stereocenters. The number of esters is 1. The van der Waals surface area contributed by atoms with Crippen molar-refractivity contribution < 1.29 is 19.4 Å². The molecule has 1 aliphatic rings. The van der Waals surface area contributed by atoms with Crippen LogP contribution in [0.3, 0.4) is 0 Å². The van der Waals surface area contributed by atoms with E-state index >= 15 is 0 Å². The first kappa shape index (κ1) is 13.6. The minimum Gasteiger partial charge on any atom is -0.508 e. The number of carbonyl (C=O) groups excluding carboxylic acids is 2. The number of benzene rings is 1. The minimum absolute atomic E-state index is 0.163. The van der Waals surface area contributed by atoms with E-state index in [-0.39, 0.29) is 30.0 Å². The lowest BCUT2D eigenvalue weighted by Crippen LogP contribution is -2.16. The Morgan fingerprint density at radius 2 is 2.05 bits per heavy atom. The predicted octanol–water partition coefficient (Wildman–Crippen LogP) is 2.45. The first-order valence-electron chi connectivity index (χ1n) is 6.40. The van der Waals surface area contributed by atoms with Gasteiger partial charge in [-0.15, -0.1) is 0 Å². The van der Waals surface area contributed by atoms with Gasteiger partial charge < -0.3 is 14.6 Å². The third-order valence-corrected chi connectivity index (χ3v) is 4.00. The molecular formula is C15H18O4. The van der Waals surface area contributed by atoms with Crippen LogP contribution in [0.1, 0.15) is 36.1 Å². The van der Waals surface area contributed by atoms with E-state index in [0.717, 1.165) is 17.4 Å². The van der Waals surface area contributed by atoms with E-state index in [4.69, 9.17) is 4.74 Å². The highest BCUT2D eigenvalue weighted by Crippen LogP contribution is 2.44. The van der Waals surface area contributed by atoms with Gasteiger partial charge in [-0.1, -0.05) is 13.0 Å². The Hall–Kier alpha value is -1.84. The Kier molecular flexibility index (Phi) is 3.60. The number of rotatable bonds is 3. The fourth-order valence-electron chi connectivity index (χ4n) is 2.76. The van der Waals surface area contributed by atoms with Gasteiger partial charge in [-0.3, -0.25) is 4.79 Å². The first-order valence-corrected chi connectivity index (χ1v) is 6.40. The molecular weight excluding hydrogens is 244 g/mol. The van der Waals surface area contributed by atoms with Gasteiger partial charge in [0.1, 0.15) is 18.1 Å². The number of aryl methyl sites for hydroxylation is 1. The summed E-state index contributed by atoms with van der Waals surface area (Å²) in [5, 5.41) is 9.82. The quantitative estimate of drug-likeness (QED) is 0.671. The summed E-state index contributed by atoms with van der Waals surface area (Å²) in [7, 11) is 0. The van der Waals surface area contributed by atoms with E-state index in [1.807, 2.05) is 6.92 Å². The van der Waals surface area contributed by atoms with Crippen LogP contribution in [0.25, 0.3) is 0 Å². The highest BCUT2D eigenvalue weighted by molar-refractivity contribution is 5.76. The van der Waals surface area contributed by atoms with Gasteiger partial charge in [-0.25, -0.2) is 0 Å². The maximum Gasteiger partial charge on any atom is 0.309 e. The second kappa shape index (κ2) is 5.03. The molecule has 1 aliphatic heterocycles. The maximum absolute atomic E-state index is 11.7. The van der Waals surface area contributed by atoms with Gasteiger partial charge in [-0.05, 0) is 31.0 Å². The molecule has 1 saturated heterocycles. The molecule has 0 bridgehead atoms. The molecule has 0 amide bonds. The van der Waals surface area contributed by atoms with Gasteiger partial charge in [0, 0.05) is 17.9 Å². The van der Waals surface area contributed by atoms with E-state index in [1.165, 1.54) is 0 Å². The third-order valence-electron chi connectivity index (χ3n) is 4.00. The molecule has 0 unspecified atom stereocenters. The lowest BCUT2D eigenvalue weighted by Gasteiger charge is -2.22. The molecule has 2 rings (SSSR count). The summed E-state index contributed by atoms with van der Waals surface area (Å²) in [6.45, 7) is 5.49. The molecule has 0 radical (unpaired) electrons. The molecule has 0 aliphatic carbocycles. The van der Waals surface area contributed by atoms with Crippen molar-refractivity contribution in [3.05, 3.63) is 28.8 Å². The van der Waals surface area contributed by atoms with Gasteiger partial charge in [0.05, 0.1) is 5.92 Å². The van der Waals surface area contributed by atoms with Gasteiger partial charge >= 0.3 is 5.97 Å². The first-order chi connectivity index (χ1) is 8.97. The Balaban J connectivity index is 2.48. The van der Waals surface area contributed by atoms with E-state index in [9.17, 15) is 14.7 Å². The zero-order chi connectivity index (χ0) is 14.2. The number of hydrogen-bond donors (Lipinski definition) is 1. The number of phenols is 1. The Labute approximate surface area is 112 Å². The van der Waals surface area contributed by atoms with Crippen LogP contribution in [0.15, 0.2) is 12.1 Å². The summed E-state index contributed by atoms with van der Waals surface area (Å²) in [6, 6.07) is 3.43. The Morgan fingerprint density at radius 3 is 2.68 bits per heavy atom. The number of aldehydes is 1. The van der Waals surface area contributed by atoms with Crippen molar-refractivity contribution in [3.8, 4) is 5.75 Å². The zero-order valence-corrected chi connectivity index (χ0v) is 11.3. The molecule has 102 valence electrons.